The Hall–Kier alpha value is -4.88. The molecule has 1 aliphatic heterocycles. The van der Waals surface area contributed by atoms with Crippen LogP contribution in [-0.4, -0.2) is 91.0 Å². The number of nitrogens with zero attached hydrogens (tertiary/aromatic N) is 2. The number of fused-ring (bicyclic) bond motifs is 2. The number of hydrogen-bond donors (Lipinski definition) is 2. The number of benzene rings is 3. The molecule has 1 amide bonds. The molecule has 0 spiro atoms. The van der Waals surface area contributed by atoms with Crippen LogP contribution in [0.1, 0.15) is 85.7 Å². The van der Waals surface area contributed by atoms with Crippen molar-refractivity contribution >= 4 is 29.7 Å². The van der Waals surface area contributed by atoms with Gasteiger partial charge in [0, 0.05) is 37.7 Å². The van der Waals surface area contributed by atoms with Crippen molar-refractivity contribution in [3.05, 3.63) is 108 Å². The maximum Gasteiger partial charge on any atom is 0.410 e. The van der Waals surface area contributed by atoms with Crippen LogP contribution in [0.25, 0.3) is 0 Å². The molecule has 3 aliphatic rings. The van der Waals surface area contributed by atoms with E-state index in [0.29, 0.717) is 60.1 Å². The molecule has 13 heteroatoms. The summed E-state index contributed by atoms with van der Waals surface area (Å²) in [6.07, 6.45) is 9.49. The highest BCUT2D eigenvalue weighted by Gasteiger charge is 2.65. The number of aliphatic hydroxyl groups is 2. The first kappa shape index (κ1) is 45.6. The minimum Gasteiger partial charge on any atom is -0.496 e. The third kappa shape index (κ3) is 10.4. The van der Waals surface area contributed by atoms with Crippen molar-refractivity contribution in [3.63, 3.8) is 0 Å². The number of rotatable bonds is 23. The van der Waals surface area contributed by atoms with Crippen LogP contribution in [0.15, 0.2) is 96.2 Å². The zero-order valence-electron chi connectivity index (χ0n) is 35.2. The topological polar surface area (TPSA) is 146 Å². The molecule has 0 aromatic heterocycles. The van der Waals surface area contributed by atoms with Gasteiger partial charge in [0.05, 0.1) is 36.8 Å². The van der Waals surface area contributed by atoms with Crippen LogP contribution in [0, 0.1) is 17.8 Å². The zero-order valence-corrected chi connectivity index (χ0v) is 36.0. The van der Waals surface area contributed by atoms with Crippen molar-refractivity contribution in [2.75, 3.05) is 46.0 Å². The number of carbonyl (C=O) groups is 2. The third-order valence-corrected chi connectivity index (χ3v) is 12.0. The molecule has 1 fully saturated rings. The fraction of sp³-hybridized carbons (Fsp3) is 0.479. The fourth-order valence-corrected chi connectivity index (χ4v) is 9.38. The summed E-state index contributed by atoms with van der Waals surface area (Å²) in [5.41, 5.74) is 3.81. The summed E-state index contributed by atoms with van der Waals surface area (Å²) in [5.74, 6) is 0.00945. The number of oxime groups is 1. The number of hydrogen-bond acceptors (Lipinski definition) is 11. The Morgan fingerprint density at radius 1 is 1.03 bits per heavy atom. The zero-order chi connectivity index (χ0) is 43.2. The van der Waals surface area contributed by atoms with Crippen LogP contribution in [0.5, 0.6) is 23.0 Å². The molecule has 6 rings (SSSR count). The SMILES string of the molecule is C=CCOC12Oc3ccc(Oc4ccc(OC)c(C=O)c4)cc3C3C(CCCCO)C(CCCCO)C=C(C(=NOCc4ccccc4)CC1N(CCC)C(=O)OCCCl)C32. The Bertz CT molecular complexity index is 1990. The van der Waals surface area contributed by atoms with Crippen molar-refractivity contribution in [3.8, 4) is 23.0 Å². The quantitative estimate of drug-likeness (QED) is 0.0311. The number of amides is 1. The third-order valence-electron chi connectivity index (χ3n) is 11.8. The lowest BCUT2D eigenvalue weighted by Gasteiger charge is -2.59. The number of aldehydes is 1. The van der Waals surface area contributed by atoms with E-state index in [1.807, 2.05) is 55.5 Å². The molecule has 3 aromatic carbocycles. The minimum absolute atomic E-state index is 0.0133. The molecular formula is C48H59ClN2O10. The van der Waals surface area contributed by atoms with Crippen molar-refractivity contribution in [2.24, 2.45) is 22.9 Å². The summed E-state index contributed by atoms with van der Waals surface area (Å²) in [6.45, 7) is 6.91. The fourth-order valence-electron chi connectivity index (χ4n) is 9.30. The summed E-state index contributed by atoms with van der Waals surface area (Å²) in [7, 11) is 1.51. The van der Waals surface area contributed by atoms with Gasteiger partial charge in [-0.25, -0.2) is 4.79 Å². The molecule has 3 aromatic rings. The highest BCUT2D eigenvalue weighted by Crippen LogP contribution is 2.62. The van der Waals surface area contributed by atoms with E-state index in [9.17, 15) is 19.8 Å². The molecule has 12 nitrogen and oxygen atoms in total. The highest BCUT2D eigenvalue weighted by molar-refractivity contribution is 6.18. The van der Waals surface area contributed by atoms with Gasteiger partial charge in [0.2, 0.25) is 5.79 Å². The number of allylic oxidation sites excluding steroid dienone is 1. The molecule has 61 heavy (non-hydrogen) atoms. The predicted molar refractivity (Wildman–Crippen MR) is 234 cm³/mol. The number of carbonyl (C=O) groups excluding carboxylic acids is 2. The van der Waals surface area contributed by atoms with E-state index in [1.54, 1.807) is 29.2 Å². The van der Waals surface area contributed by atoms with Gasteiger partial charge in [-0.1, -0.05) is 67.4 Å². The largest absolute Gasteiger partial charge is 0.496 e. The standard InChI is InChI=1S/C48H59ClN2O10/c1-4-22-51(47(55)57-26-21-49)44-30-41(50-59-32-33-13-7-6-8-14-33)39-28-34(15-9-11-23-52)38(16-10-12-24-53)45-40-29-37(60-36-17-19-42(56-3)35(27-36)31-54)18-20-43(40)61-48(44,46(39)45)58-25-5-2/h5-8,13-14,17-20,27-29,31,34,38,44-46,52-53H,2,4,9-12,15-16,21-26,30,32H2,1,3H3. The molecule has 0 bridgehead atoms. The van der Waals surface area contributed by atoms with Gasteiger partial charge < -0.3 is 38.7 Å². The first-order valence-corrected chi connectivity index (χ1v) is 21.9. The van der Waals surface area contributed by atoms with Gasteiger partial charge in [-0.15, -0.1) is 18.2 Å². The summed E-state index contributed by atoms with van der Waals surface area (Å²) < 4.78 is 31.8. The Labute approximate surface area is 364 Å². The van der Waals surface area contributed by atoms with Crippen LogP contribution >= 0.6 is 11.6 Å². The van der Waals surface area contributed by atoms with E-state index < -0.39 is 23.8 Å². The number of methoxy groups -OCH3 is 1. The van der Waals surface area contributed by atoms with Crippen LogP contribution in [-0.2, 0) is 20.9 Å². The van der Waals surface area contributed by atoms with Gasteiger partial charge in [-0.05, 0) is 91.5 Å². The second kappa shape index (κ2) is 22.3. The van der Waals surface area contributed by atoms with Crippen LogP contribution in [0.4, 0.5) is 4.79 Å². The Morgan fingerprint density at radius 2 is 1.79 bits per heavy atom. The van der Waals surface area contributed by atoms with Crippen molar-refractivity contribution in [1.29, 1.82) is 0 Å². The van der Waals surface area contributed by atoms with Crippen molar-refractivity contribution in [2.45, 2.75) is 82.6 Å². The molecule has 6 unspecified atom stereocenters. The summed E-state index contributed by atoms with van der Waals surface area (Å²) in [6, 6.07) is 19.9. The van der Waals surface area contributed by atoms with Gasteiger partial charge >= 0.3 is 6.09 Å². The molecule has 1 heterocycles. The first-order valence-electron chi connectivity index (χ1n) is 21.4. The second-order valence-corrected chi connectivity index (χ2v) is 16.0. The lowest BCUT2D eigenvalue weighted by molar-refractivity contribution is -0.255. The van der Waals surface area contributed by atoms with Crippen LogP contribution in [0.3, 0.4) is 0 Å². The normalized spacial score (nSPS) is 23.1. The Balaban J connectivity index is 1.57. The van der Waals surface area contributed by atoms with Crippen molar-refractivity contribution in [1.82, 2.24) is 4.90 Å². The molecular weight excluding hydrogens is 800 g/mol. The number of unbranched alkanes of at least 4 members (excludes halogenated alkanes) is 2. The predicted octanol–water partition coefficient (Wildman–Crippen LogP) is 9.22. The van der Waals surface area contributed by atoms with Gasteiger partial charge in [0.25, 0.3) is 0 Å². The average Bonchev–Trinajstić information content (AvgIpc) is 3.28. The van der Waals surface area contributed by atoms with Gasteiger partial charge in [0.15, 0.2) is 6.29 Å². The van der Waals surface area contributed by atoms with E-state index >= 15 is 0 Å². The molecule has 6 atom stereocenters. The lowest BCUT2D eigenvalue weighted by atomic mass is 9.55. The summed E-state index contributed by atoms with van der Waals surface area (Å²) in [5, 5.41) is 24.7. The monoisotopic (exact) mass is 858 g/mol. The van der Waals surface area contributed by atoms with E-state index in [1.165, 1.54) is 7.11 Å². The Morgan fingerprint density at radius 3 is 2.49 bits per heavy atom. The smallest absolute Gasteiger partial charge is 0.410 e. The van der Waals surface area contributed by atoms with Gasteiger partial charge in [-0.3, -0.25) is 9.69 Å². The number of aliphatic hydroxyl groups excluding tert-OH is 2. The Kier molecular flexibility index (Phi) is 16.7. The molecule has 0 radical (unpaired) electrons. The van der Waals surface area contributed by atoms with Crippen LogP contribution in [0.2, 0.25) is 0 Å². The number of ether oxygens (including phenoxy) is 5. The first-order chi connectivity index (χ1) is 29.9. The second-order valence-electron chi connectivity index (χ2n) is 15.7. The lowest BCUT2D eigenvalue weighted by Crippen LogP contribution is -2.70. The number of halogens is 1. The minimum atomic E-state index is -1.44. The number of alkyl halides is 1. The molecule has 0 saturated heterocycles. The molecule has 2 aliphatic carbocycles. The van der Waals surface area contributed by atoms with Gasteiger partial charge in [0.1, 0.15) is 42.3 Å². The summed E-state index contributed by atoms with van der Waals surface area (Å²) in [4.78, 5) is 33.9. The molecule has 328 valence electrons. The van der Waals surface area contributed by atoms with Crippen molar-refractivity contribution < 1.29 is 48.3 Å². The van der Waals surface area contributed by atoms with Gasteiger partial charge in [-0.2, -0.15) is 0 Å². The average molecular weight is 859 g/mol. The molecule has 2 N–H and O–H groups in total. The maximum atomic E-state index is 14.2. The molecule has 1 saturated carbocycles. The van der Waals surface area contributed by atoms with E-state index in [0.717, 1.165) is 48.7 Å². The highest BCUT2D eigenvalue weighted by atomic mass is 35.5. The van der Waals surface area contributed by atoms with E-state index in [4.69, 9.17) is 45.3 Å². The van der Waals surface area contributed by atoms with E-state index in [-0.39, 0.29) is 63.1 Å². The maximum absolute atomic E-state index is 14.2. The van der Waals surface area contributed by atoms with E-state index in [2.05, 4.69) is 12.7 Å². The van der Waals surface area contributed by atoms with Crippen LogP contribution < -0.4 is 14.2 Å². The summed E-state index contributed by atoms with van der Waals surface area (Å²) >= 11 is 6.03.